The normalized spacial score (nSPS) is 13.8. The van der Waals surface area contributed by atoms with Gasteiger partial charge in [-0.25, -0.2) is 0 Å². The van der Waals surface area contributed by atoms with Crippen LogP contribution in [-0.2, 0) is 0 Å². The topological polar surface area (TPSA) is 0 Å². The Morgan fingerprint density at radius 2 is 2.12 bits per heavy atom. The first-order valence-corrected chi connectivity index (χ1v) is 3.60. The van der Waals surface area contributed by atoms with Gasteiger partial charge in [-0.3, -0.25) is 0 Å². The van der Waals surface area contributed by atoms with Crippen LogP contribution >= 0.6 is 0 Å². The fraction of sp³-hybridized carbons (Fsp3) is 0.875. The minimum absolute atomic E-state index is 0.843. The molecule has 0 bridgehead atoms. The summed E-state index contributed by atoms with van der Waals surface area (Å²) in [6, 6.07) is 0. The summed E-state index contributed by atoms with van der Waals surface area (Å²) in [5.41, 5.74) is 0. The van der Waals surface area contributed by atoms with Crippen molar-refractivity contribution in [1.82, 2.24) is 0 Å². The van der Waals surface area contributed by atoms with Crippen LogP contribution in [-0.4, -0.2) is 0 Å². The zero-order chi connectivity index (χ0) is 6.41. The first-order chi connectivity index (χ1) is 3.81. The van der Waals surface area contributed by atoms with Gasteiger partial charge < -0.3 is 0 Å². The van der Waals surface area contributed by atoms with E-state index in [1.807, 2.05) is 0 Å². The van der Waals surface area contributed by atoms with Crippen LogP contribution in [0.5, 0.6) is 0 Å². The summed E-state index contributed by atoms with van der Waals surface area (Å²) < 4.78 is 0. The maximum Gasteiger partial charge on any atom is 0.0876 e. The smallest absolute Gasteiger partial charge is 0.0654 e. The lowest BCUT2D eigenvalue weighted by Gasteiger charge is -2.00. The molecule has 0 aliphatic heterocycles. The standard InChI is InChI=1S/C8H17/c1-4-6-7-8(3)5-2/h8H,2,4-7H2,1,3H3/q+1. The molecule has 0 radical (unpaired) electrons. The van der Waals surface area contributed by atoms with Gasteiger partial charge in [0.25, 0.3) is 0 Å². The molecule has 0 aromatic heterocycles. The molecule has 0 heteroatoms. The van der Waals surface area contributed by atoms with E-state index >= 15 is 0 Å². The second kappa shape index (κ2) is 5.02. The summed E-state index contributed by atoms with van der Waals surface area (Å²) >= 11 is 0. The number of unbranched alkanes of at least 4 members (excludes halogenated alkanes) is 1. The van der Waals surface area contributed by atoms with Crippen LogP contribution in [0.15, 0.2) is 0 Å². The van der Waals surface area contributed by atoms with E-state index in [0.29, 0.717) is 0 Å². The summed E-state index contributed by atoms with van der Waals surface area (Å²) in [5.74, 6) is 0.843. The minimum Gasteiger partial charge on any atom is -0.0654 e. The maximum atomic E-state index is 3.84. The molecule has 0 saturated carbocycles. The van der Waals surface area contributed by atoms with Gasteiger partial charge in [-0.05, 0) is 12.3 Å². The van der Waals surface area contributed by atoms with Gasteiger partial charge in [0, 0.05) is 0 Å². The molecule has 0 heterocycles. The van der Waals surface area contributed by atoms with Crippen LogP contribution in [0.3, 0.4) is 0 Å². The highest BCUT2D eigenvalue weighted by Gasteiger charge is 1.98. The van der Waals surface area contributed by atoms with Gasteiger partial charge >= 0.3 is 0 Å². The average Bonchev–Trinajstić information content (AvgIpc) is 1.83. The van der Waals surface area contributed by atoms with Gasteiger partial charge in [0.05, 0.1) is 13.3 Å². The molecule has 0 rings (SSSR count). The first-order valence-electron chi connectivity index (χ1n) is 3.60. The Hall–Kier alpha value is -0.130. The van der Waals surface area contributed by atoms with Crippen LogP contribution in [0.1, 0.15) is 39.5 Å². The SMILES string of the molecule is [CH2+]CC(C)CCCC. The van der Waals surface area contributed by atoms with Crippen molar-refractivity contribution in [2.24, 2.45) is 5.92 Å². The van der Waals surface area contributed by atoms with E-state index in [9.17, 15) is 0 Å². The zero-order valence-corrected chi connectivity index (χ0v) is 6.11. The molecular formula is C8H17+. The molecule has 0 aromatic rings. The fourth-order valence-corrected chi connectivity index (χ4v) is 0.697. The first kappa shape index (κ1) is 7.87. The number of hydrogen-bond donors (Lipinski definition) is 0. The number of rotatable bonds is 4. The zero-order valence-electron chi connectivity index (χ0n) is 6.11. The molecule has 0 spiro atoms. The maximum absolute atomic E-state index is 3.84. The van der Waals surface area contributed by atoms with Crippen molar-refractivity contribution in [3.05, 3.63) is 6.92 Å². The molecular weight excluding hydrogens is 96.1 g/mol. The van der Waals surface area contributed by atoms with Crippen molar-refractivity contribution in [2.75, 3.05) is 0 Å². The summed E-state index contributed by atoms with van der Waals surface area (Å²) in [4.78, 5) is 0. The van der Waals surface area contributed by atoms with Crippen LogP contribution in [0, 0.1) is 12.8 Å². The monoisotopic (exact) mass is 113 g/mol. The van der Waals surface area contributed by atoms with E-state index in [-0.39, 0.29) is 0 Å². The van der Waals surface area contributed by atoms with E-state index in [4.69, 9.17) is 0 Å². The summed E-state index contributed by atoms with van der Waals surface area (Å²) in [7, 11) is 0. The Balaban J connectivity index is 2.86. The molecule has 1 atom stereocenters. The van der Waals surface area contributed by atoms with Crippen molar-refractivity contribution in [2.45, 2.75) is 39.5 Å². The van der Waals surface area contributed by atoms with E-state index in [2.05, 4.69) is 20.8 Å². The lowest BCUT2D eigenvalue weighted by molar-refractivity contribution is 0.510. The molecule has 0 nitrogen and oxygen atoms in total. The lowest BCUT2D eigenvalue weighted by Crippen LogP contribution is -1.90. The van der Waals surface area contributed by atoms with E-state index in [1.165, 1.54) is 19.3 Å². The Bertz CT molecular complexity index is 39.3. The third-order valence-corrected chi connectivity index (χ3v) is 1.54. The molecule has 0 N–H and O–H groups in total. The van der Waals surface area contributed by atoms with Crippen molar-refractivity contribution < 1.29 is 0 Å². The van der Waals surface area contributed by atoms with Gasteiger partial charge in [-0.15, -0.1) is 0 Å². The Labute approximate surface area is 53.3 Å². The summed E-state index contributed by atoms with van der Waals surface area (Å²) in [6.07, 6.45) is 5.15. The van der Waals surface area contributed by atoms with E-state index in [1.54, 1.807) is 0 Å². The molecule has 48 valence electrons. The summed E-state index contributed by atoms with van der Waals surface area (Å²) in [5, 5.41) is 0. The van der Waals surface area contributed by atoms with Gasteiger partial charge in [0.1, 0.15) is 0 Å². The summed E-state index contributed by atoms with van der Waals surface area (Å²) in [6.45, 7) is 8.34. The van der Waals surface area contributed by atoms with Crippen LogP contribution < -0.4 is 0 Å². The molecule has 0 aliphatic rings. The fourth-order valence-electron chi connectivity index (χ4n) is 0.697. The minimum atomic E-state index is 0.843. The third kappa shape index (κ3) is 4.04. The highest BCUT2D eigenvalue weighted by Crippen LogP contribution is 2.09. The Kier molecular flexibility index (Phi) is 4.93. The Morgan fingerprint density at radius 1 is 1.50 bits per heavy atom. The van der Waals surface area contributed by atoms with E-state index in [0.717, 1.165) is 12.3 Å². The average molecular weight is 113 g/mol. The highest BCUT2D eigenvalue weighted by atomic mass is 14.0. The van der Waals surface area contributed by atoms with Gasteiger partial charge in [0.15, 0.2) is 0 Å². The van der Waals surface area contributed by atoms with Crippen LogP contribution in [0.4, 0.5) is 0 Å². The lowest BCUT2D eigenvalue weighted by atomic mass is 10.0. The quantitative estimate of drug-likeness (QED) is 0.491. The number of hydrogen-bond acceptors (Lipinski definition) is 0. The predicted octanol–water partition coefficient (Wildman–Crippen LogP) is 3.04. The Morgan fingerprint density at radius 3 is 2.50 bits per heavy atom. The molecule has 8 heavy (non-hydrogen) atoms. The van der Waals surface area contributed by atoms with Crippen molar-refractivity contribution in [3.63, 3.8) is 0 Å². The second-order valence-electron chi connectivity index (χ2n) is 2.54. The largest absolute Gasteiger partial charge is 0.0876 e. The third-order valence-electron chi connectivity index (χ3n) is 1.54. The highest BCUT2D eigenvalue weighted by molar-refractivity contribution is 4.52. The molecule has 0 aliphatic carbocycles. The molecule has 1 unspecified atom stereocenters. The van der Waals surface area contributed by atoms with Gasteiger partial charge in [-0.1, -0.05) is 26.7 Å². The van der Waals surface area contributed by atoms with E-state index < -0.39 is 0 Å². The van der Waals surface area contributed by atoms with Crippen molar-refractivity contribution >= 4 is 0 Å². The van der Waals surface area contributed by atoms with Crippen LogP contribution in [0.2, 0.25) is 0 Å². The van der Waals surface area contributed by atoms with Crippen LogP contribution in [0.25, 0.3) is 0 Å². The van der Waals surface area contributed by atoms with Crippen molar-refractivity contribution in [1.29, 1.82) is 0 Å². The van der Waals surface area contributed by atoms with Gasteiger partial charge in [0.2, 0.25) is 0 Å². The van der Waals surface area contributed by atoms with Gasteiger partial charge in [-0.2, -0.15) is 0 Å². The predicted molar refractivity (Wildman–Crippen MR) is 38.7 cm³/mol. The van der Waals surface area contributed by atoms with Crippen molar-refractivity contribution in [3.8, 4) is 0 Å². The second-order valence-corrected chi connectivity index (χ2v) is 2.54. The molecule has 0 aromatic carbocycles. The molecule has 0 fully saturated rings. The molecule has 0 saturated heterocycles. The molecule has 0 amide bonds.